The van der Waals surface area contributed by atoms with Gasteiger partial charge in [0, 0.05) is 39.6 Å². The molecule has 1 aliphatic carbocycles. The van der Waals surface area contributed by atoms with E-state index in [0.717, 1.165) is 70.2 Å². The topological polar surface area (TPSA) is 37.5 Å². The maximum Gasteiger partial charge on any atom is 0.145 e. The number of nitrogens with zero attached hydrogens (tertiary/aromatic N) is 1. The van der Waals surface area contributed by atoms with Crippen LogP contribution in [0, 0.1) is 6.92 Å². The molecule has 7 aromatic carbocycles. The lowest BCUT2D eigenvalue weighted by Gasteiger charge is -2.24. The zero-order chi connectivity index (χ0) is 41.0. The fourth-order valence-corrected chi connectivity index (χ4v) is 10.1. The number of allylic oxidation sites excluding steroid dienone is 1. The molecular weight excluding hydrogens is 729 g/mol. The van der Waals surface area contributed by atoms with Crippen molar-refractivity contribution >= 4 is 33.3 Å². The SMILES string of the molecule is CCC1=C(c2cccc3oc4ccccc4c23)NC(c2cccc(C(CC)Cc3ccccc3-c3cc4c(cc3C)C(C)(C)c3ccccc3-4)c2)N=C(c2ccccc2)C1. The molecule has 296 valence electrons. The Balaban J connectivity index is 1.03. The van der Waals surface area contributed by atoms with E-state index in [1.54, 1.807) is 0 Å². The number of hydrogen-bond acceptors (Lipinski definition) is 3. The first-order chi connectivity index (χ1) is 29.3. The molecule has 0 saturated heterocycles. The van der Waals surface area contributed by atoms with Crippen LogP contribution in [-0.4, -0.2) is 5.71 Å². The van der Waals surface area contributed by atoms with Gasteiger partial charge in [0.1, 0.15) is 17.3 Å². The lowest BCUT2D eigenvalue weighted by Crippen LogP contribution is -2.19. The maximum atomic E-state index is 6.39. The highest BCUT2D eigenvalue weighted by Gasteiger charge is 2.36. The molecule has 2 atom stereocenters. The monoisotopic (exact) mass is 780 g/mol. The van der Waals surface area contributed by atoms with Gasteiger partial charge in [-0.25, -0.2) is 0 Å². The molecule has 10 rings (SSSR count). The van der Waals surface area contributed by atoms with Gasteiger partial charge in [0.15, 0.2) is 0 Å². The molecule has 60 heavy (non-hydrogen) atoms. The van der Waals surface area contributed by atoms with Crippen LogP contribution >= 0.6 is 0 Å². The summed E-state index contributed by atoms with van der Waals surface area (Å²) in [4.78, 5) is 5.59. The Morgan fingerprint density at radius 1 is 0.667 bits per heavy atom. The van der Waals surface area contributed by atoms with Crippen molar-refractivity contribution < 1.29 is 4.42 Å². The Kier molecular flexibility index (Phi) is 9.64. The third kappa shape index (κ3) is 6.48. The van der Waals surface area contributed by atoms with Crippen molar-refractivity contribution in [3.8, 4) is 22.3 Å². The summed E-state index contributed by atoms with van der Waals surface area (Å²) in [7, 11) is 0. The smallest absolute Gasteiger partial charge is 0.145 e. The minimum atomic E-state index is -0.279. The van der Waals surface area contributed by atoms with E-state index in [9.17, 15) is 0 Å². The van der Waals surface area contributed by atoms with Crippen molar-refractivity contribution in [3.05, 3.63) is 208 Å². The molecule has 3 nitrogen and oxygen atoms in total. The van der Waals surface area contributed by atoms with E-state index in [1.165, 1.54) is 61.2 Å². The second kappa shape index (κ2) is 15.3. The summed E-state index contributed by atoms with van der Waals surface area (Å²) in [6, 6.07) is 57.8. The predicted octanol–water partition coefficient (Wildman–Crippen LogP) is 14.9. The summed E-state index contributed by atoms with van der Waals surface area (Å²) in [6.07, 6.45) is 3.37. The number of nitrogens with one attached hydrogen (secondary N) is 1. The van der Waals surface area contributed by atoms with E-state index >= 15 is 0 Å². The molecule has 2 aliphatic rings. The molecule has 0 saturated carbocycles. The third-order valence-corrected chi connectivity index (χ3v) is 13.4. The quantitative estimate of drug-likeness (QED) is 0.158. The van der Waals surface area contributed by atoms with Crippen molar-refractivity contribution in [1.82, 2.24) is 5.32 Å². The summed E-state index contributed by atoms with van der Waals surface area (Å²) in [5, 5.41) is 6.33. The molecule has 8 aromatic rings. The van der Waals surface area contributed by atoms with Gasteiger partial charge in [0.25, 0.3) is 0 Å². The maximum absolute atomic E-state index is 6.39. The summed E-state index contributed by atoms with van der Waals surface area (Å²) >= 11 is 0. The predicted molar refractivity (Wildman–Crippen MR) is 252 cm³/mol. The number of para-hydroxylation sites is 1. The van der Waals surface area contributed by atoms with Gasteiger partial charge in [-0.3, -0.25) is 4.99 Å². The van der Waals surface area contributed by atoms with Gasteiger partial charge in [-0.1, -0.05) is 167 Å². The van der Waals surface area contributed by atoms with E-state index < -0.39 is 0 Å². The average Bonchev–Trinajstić information content (AvgIpc) is 3.68. The van der Waals surface area contributed by atoms with Gasteiger partial charge in [-0.15, -0.1) is 0 Å². The molecule has 2 heterocycles. The zero-order valence-electron chi connectivity index (χ0n) is 35.3. The van der Waals surface area contributed by atoms with Crippen LogP contribution in [0.3, 0.4) is 0 Å². The third-order valence-electron chi connectivity index (χ3n) is 13.4. The molecule has 3 heteroatoms. The summed E-state index contributed by atoms with van der Waals surface area (Å²) < 4.78 is 6.39. The standard InChI is InChI=1S/C57H52N2O/c1-6-37(32-41-21-11-12-24-43(41)47-35-48-44-25-13-15-28-49(44)57(4,5)50(48)31-36(47)3)40-22-17-23-42(33-40)56-58-51(39-19-9-8-10-20-39)34-38(7-2)55(59-56)46-27-18-30-53-54(46)45-26-14-16-29-52(45)60-53/h8-31,33,35,37,56,59H,6-7,32,34H2,1-5H3. The second-order valence-electron chi connectivity index (χ2n) is 17.3. The summed E-state index contributed by atoms with van der Waals surface area (Å²) in [6.45, 7) is 11.6. The first-order valence-electron chi connectivity index (χ1n) is 21.8. The van der Waals surface area contributed by atoms with Crippen molar-refractivity contribution in [2.75, 3.05) is 0 Å². The van der Waals surface area contributed by atoms with E-state index in [2.05, 4.69) is 192 Å². The Morgan fingerprint density at radius 2 is 1.38 bits per heavy atom. The van der Waals surface area contributed by atoms with Crippen LogP contribution in [0.5, 0.6) is 0 Å². The fraction of sp³-hybridized carbons (Fsp3) is 0.211. The molecule has 1 aromatic heterocycles. The average molecular weight is 781 g/mol. The number of aliphatic imine (C=N–C) groups is 1. The van der Waals surface area contributed by atoms with Crippen LogP contribution in [0.25, 0.3) is 49.9 Å². The van der Waals surface area contributed by atoms with Gasteiger partial charge >= 0.3 is 0 Å². The van der Waals surface area contributed by atoms with Crippen LogP contribution in [0.1, 0.15) is 104 Å². The molecule has 0 spiro atoms. The largest absolute Gasteiger partial charge is 0.456 e. The summed E-state index contributed by atoms with van der Waals surface area (Å²) in [5.41, 5.74) is 21.2. The van der Waals surface area contributed by atoms with E-state index in [4.69, 9.17) is 9.41 Å². The normalized spacial score (nSPS) is 16.3. The highest BCUT2D eigenvalue weighted by Crippen LogP contribution is 2.50. The Bertz CT molecular complexity index is 2980. The number of fused-ring (bicyclic) bond motifs is 6. The number of rotatable bonds is 9. The number of benzene rings is 7. The van der Waals surface area contributed by atoms with Gasteiger partial charge in [-0.05, 0) is 117 Å². The van der Waals surface area contributed by atoms with Crippen LogP contribution in [0.4, 0.5) is 0 Å². The lowest BCUT2D eigenvalue weighted by molar-refractivity contribution is 0.646. The lowest BCUT2D eigenvalue weighted by atomic mass is 9.80. The first-order valence-corrected chi connectivity index (χ1v) is 21.8. The summed E-state index contributed by atoms with van der Waals surface area (Å²) in [5.74, 6) is 0.330. The highest BCUT2D eigenvalue weighted by molar-refractivity contribution is 6.11. The van der Waals surface area contributed by atoms with Crippen molar-refractivity contribution in [1.29, 1.82) is 0 Å². The van der Waals surface area contributed by atoms with E-state index in [-0.39, 0.29) is 11.6 Å². The molecule has 0 fully saturated rings. The molecule has 0 radical (unpaired) electrons. The molecule has 0 bridgehead atoms. The number of aryl methyl sites for hydroxylation is 1. The van der Waals surface area contributed by atoms with E-state index in [0.29, 0.717) is 5.92 Å². The molecule has 1 aliphatic heterocycles. The van der Waals surface area contributed by atoms with Crippen LogP contribution in [-0.2, 0) is 11.8 Å². The molecule has 2 unspecified atom stereocenters. The van der Waals surface area contributed by atoms with Crippen LogP contribution in [0.15, 0.2) is 173 Å². The van der Waals surface area contributed by atoms with Crippen molar-refractivity contribution in [3.63, 3.8) is 0 Å². The Hall–Kier alpha value is -6.45. The van der Waals surface area contributed by atoms with Crippen LogP contribution < -0.4 is 5.32 Å². The molecule has 0 amide bonds. The minimum absolute atomic E-state index is 0.0131. The first kappa shape index (κ1) is 37.8. The van der Waals surface area contributed by atoms with Crippen LogP contribution in [0.2, 0.25) is 0 Å². The Morgan fingerprint density at radius 3 is 2.22 bits per heavy atom. The van der Waals surface area contributed by atoms with Gasteiger partial charge < -0.3 is 9.73 Å². The van der Waals surface area contributed by atoms with Crippen molar-refractivity contribution in [2.45, 2.75) is 77.8 Å². The molecular formula is C57H52N2O. The van der Waals surface area contributed by atoms with Crippen molar-refractivity contribution in [2.24, 2.45) is 4.99 Å². The second-order valence-corrected chi connectivity index (χ2v) is 17.3. The fourth-order valence-electron chi connectivity index (χ4n) is 10.1. The van der Waals surface area contributed by atoms with E-state index in [1.807, 2.05) is 6.07 Å². The highest BCUT2D eigenvalue weighted by atomic mass is 16.3. The Labute approximate surface area is 354 Å². The molecule has 1 N–H and O–H groups in total. The van der Waals surface area contributed by atoms with Gasteiger partial charge in [0.05, 0.1) is 0 Å². The number of hydrogen-bond donors (Lipinski definition) is 1. The number of furan rings is 1. The minimum Gasteiger partial charge on any atom is -0.456 e. The zero-order valence-corrected chi connectivity index (χ0v) is 35.3. The van der Waals surface area contributed by atoms with Gasteiger partial charge in [0.2, 0.25) is 0 Å². The van der Waals surface area contributed by atoms with Gasteiger partial charge in [-0.2, -0.15) is 0 Å².